The maximum absolute atomic E-state index is 12.0. The van der Waals surface area contributed by atoms with Gasteiger partial charge in [0.15, 0.2) is 0 Å². The molecule has 0 aliphatic heterocycles. The van der Waals surface area contributed by atoms with Gasteiger partial charge < -0.3 is 0 Å². The van der Waals surface area contributed by atoms with Gasteiger partial charge in [-0.3, -0.25) is 15.6 Å². The van der Waals surface area contributed by atoms with Gasteiger partial charge in [-0.15, -0.1) is 0 Å². The summed E-state index contributed by atoms with van der Waals surface area (Å²) in [7, 11) is -3.16. The van der Waals surface area contributed by atoms with Crippen molar-refractivity contribution in [3.05, 3.63) is 35.9 Å². The Labute approximate surface area is 103 Å². The van der Waals surface area contributed by atoms with Crippen molar-refractivity contribution >= 4 is 7.59 Å². The van der Waals surface area contributed by atoms with E-state index in [1.807, 2.05) is 30.3 Å². The Hall–Kier alpha value is -0.670. The third-order valence-corrected chi connectivity index (χ3v) is 4.61. The zero-order valence-corrected chi connectivity index (χ0v) is 10.9. The van der Waals surface area contributed by atoms with E-state index in [0.29, 0.717) is 6.54 Å². The molecule has 1 aromatic rings. The molecular weight excluding hydrogens is 233 g/mol. The molecule has 1 aliphatic carbocycles. The molecule has 2 rings (SSSR count). The molecule has 0 radical (unpaired) electrons. The van der Waals surface area contributed by atoms with Crippen LogP contribution in [0.1, 0.15) is 31.2 Å². The van der Waals surface area contributed by atoms with Gasteiger partial charge in [-0.1, -0.05) is 43.2 Å². The minimum Gasteiger partial charge on any atom is -0.271 e. The second-order valence-electron chi connectivity index (χ2n) is 4.69. The van der Waals surface area contributed by atoms with Crippen LogP contribution in [0, 0.1) is 0 Å². The van der Waals surface area contributed by atoms with E-state index in [4.69, 9.17) is 11.0 Å². The molecule has 0 heterocycles. The lowest BCUT2D eigenvalue weighted by Gasteiger charge is -2.31. The molecule has 1 aliphatic rings. The molecular formula is C12H20N3OP. The van der Waals surface area contributed by atoms with E-state index in [1.54, 1.807) is 4.67 Å². The van der Waals surface area contributed by atoms with Crippen LogP contribution in [0.3, 0.4) is 0 Å². The largest absolute Gasteiger partial charge is 0.276 e. The maximum atomic E-state index is 12.0. The van der Waals surface area contributed by atoms with Gasteiger partial charge in [0, 0.05) is 12.6 Å². The summed E-state index contributed by atoms with van der Waals surface area (Å²) in [6.07, 6.45) is 4.45. The van der Waals surface area contributed by atoms with Crippen molar-refractivity contribution in [1.82, 2.24) is 4.67 Å². The molecule has 0 saturated heterocycles. The molecule has 0 bridgehead atoms. The first-order chi connectivity index (χ1) is 8.07. The Morgan fingerprint density at radius 3 is 2.29 bits per heavy atom. The number of rotatable bonds is 4. The van der Waals surface area contributed by atoms with Gasteiger partial charge in [0.2, 0.25) is 0 Å². The summed E-state index contributed by atoms with van der Waals surface area (Å²) in [6.45, 7) is 0.579. The molecule has 17 heavy (non-hydrogen) atoms. The van der Waals surface area contributed by atoms with E-state index < -0.39 is 7.59 Å². The van der Waals surface area contributed by atoms with Crippen LogP contribution < -0.4 is 11.0 Å². The van der Waals surface area contributed by atoms with E-state index in [2.05, 4.69) is 0 Å². The Morgan fingerprint density at radius 1 is 1.18 bits per heavy atom. The van der Waals surface area contributed by atoms with Crippen LogP contribution in [-0.2, 0) is 11.1 Å². The molecule has 1 fully saturated rings. The average molecular weight is 253 g/mol. The highest BCUT2D eigenvalue weighted by molar-refractivity contribution is 7.56. The predicted molar refractivity (Wildman–Crippen MR) is 70.2 cm³/mol. The van der Waals surface area contributed by atoms with E-state index in [0.717, 1.165) is 18.4 Å². The van der Waals surface area contributed by atoms with Gasteiger partial charge in [-0.25, -0.2) is 4.67 Å². The van der Waals surface area contributed by atoms with E-state index in [-0.39, 0.29) is 6.04 Å². The van der Waals surface area contributed by atoms with Crippen LogP contribution >= 0.6 is 7.59 Å². The van der Waals surface area contributed by atoms with Crippen LogP contribution in [0.2, 0.25) is 0 Å². The third kappa shape index (κ3) is 3.39. The fourth-order valence-electron chi connectivity index (χ4n) is 2.47. The first-order valence-electron chi connectivity index (χ1n) is 6.05. The van der Waals surface area contributed by atoms with Crippen molar-refractivity contribution in [3.63, 3.8) is 0 Å². The molecule has 5 heteroatoms. The van der Waals surface area contributed by atoms with Crippen LogP contribution in [0.4, 0.5) is 0 Å². The van der Waals surface area contributed by atoms with Crippen molar-refractivity contribution in [3.8, 4) is 0 Å². The van der Waals surface area contributed by atoms with Gasteiger partial charge in [0.05, 0.1) is 0 Å². The molecule has 0 spiro atoms. The Kier molecular flexibility index (Phi) is 4.00. The highest BCUT2D eigenvalue weighted by Crippen LogP contribution is 2.40. The molecule has 1 aromatic carbocycles. The number of benzene rings is 1. The lowest BCUT2D eigenvalue weighted by Crippen LogP contribution is -2.35. The zero-order valence-electron chi connectivity index (χ0n) is 9.96. The second-order valence-corrected chi connectivity index (χ2v) is 6.55. The second kappa shape index (κ2) is 5.32. The summed E-state index contributed by atoms with van der Waals surface area (Å²) in [6, 6.07) is 10.2. The molecule has 4 N–H and O–H groups in total. The highest BCUT2D eigenvalue weighted by atomic mass is 31.2. The van der Waals surface area contributed by atoms with Crippen molar-refractivity contribution in [2.24, 2.45) is 11.0 Å². The van der Waals surface area contributed by atoms with Crippen LogP contribution in [0.5, 0.6) is 0 Å². The molecule has 4 nitrogen and oxygen atoms in total. The minimum atomic E-state index is -3.16. The lowest BCUT2D eigenvalue weighted by molar-refractivity contribution is 0.313. The van der Waals surface area contributed by atoms with Gasteiger partial charge in [0.1, 0.15) is 0 Å². The standard InChI is InChI=1S/C12H20N3OP/c13-17(14,16)15(12-8-4-5-9-12)10-11-6-2-1-3-7-11/h1-3,6-7,12H,4-5,8-10H2,(H4,13,14,16). The minimum absolute atomic E-state index is 0.274. The zero-order chi connectivity index (χ0) is 12.3. The fourth-order valence-corrected chi connectivity index (χ4v) is 3.59. The number of hydrogen-bond acceptors (Lipinski definition) is 1. The molecule has 0 aromatic heterocycles. The smallest absolute Gasteiger partial charge is 0.271 e. The van der Waals surface area contributed by atoms with Gasteiger partial charge in [0.25, 0.3) is 7.59 Å². The maximum Gasteiger partial charge on any atom is 0.276 e. The number of hydrogen-bond donors (Lipinski definition) is 2. The summed E-state index contributed by atoms with van der Waals surface area (Å²) in [5.74, 6) is 0. The normalized spacial score (nSPS) is 17.8. The van der Waals surface area contributed by atoms with Crippen molar-refractivity contribution in [1.29, 1.82) is 0 Å². The highest BCUT2D eigenvalue weighted by Gasteiger charge is 2.31. The quantitative estimate of drug-likeness (QED) is 0.808. The Balaban J connectivity index is 2.14. The first kappa shape index (κ1) is 12.8. The summed E-state index contributed by atoms with van der Waals surface area (Å²) < 4.78 is 13.8. The third-order valence-electron chi connectivity index (χ3n) is 3.34. The molecule has 94 valence electrons. The number of nitrogens with two attached hydrogens (primary N) is 2. The molecule has 0 atom stereocenters. The fraction of sp³-hybridized carbons (Fsp3) is 0.500. The van der Waals surface area contributed by atoms with Gasteiger partial charge >= 0.3 is 0 Å². The van der Waals surface area contributed by atoms with Crippen LogP contribution in [-0.4, -0.2) is 10.7 Å². The Bertz CT molecular complexity index is 397. The van der Waals surface area contributed by atoms with Crippen molar-refractivity contribution in [2.45, 2.75) is 38.3 Å². The molecule has 1 saturated carbocycles. The predicted octanol–water partition coefficient (Wildman–Crippen LogP) is 2.46. The molecule has 0 amide bonds. The van der Waals surface area contributed by atoms with Gasteiger partial charge in [-0.05, 0) is 18.4 Å². The summed E-state index contributed by atoms with van der Waals surface area (Å²) in [4.78, 5) is 0. The van der Waals surface area contributed by atoms with Crippen LogP contribution in [0.25, 0.3) is 0 Å². The summed E-state index contributed by atoms with van der Waals surface area (Å²) in [5.41, 5.74) is 12.4. The van der Waals surface area contributed by atoms with E-state index in [9.17, 15) is 4.57 Å². The SMILES string of the molecule is NP(N)(=O)N(Cc1ccccc1)C1CCCC1. The number of nitrogens with zero attached hydrogens (tertiary/aromatic N) is 1. The molecule has 0 unspecified atom stereocenters. The van der Waals surface area contributed by atoms with Crippen molar-refractivity contribution in [2.75, 3.05) is 0 Å². The summed E-state index contributed by atoms with van der Waals surface area (Å²) in [5, 5.41) is 0. The topological polar surface area (TPSA) is 72.3 Å². The lowest BCUT2D eigenvalue weighted by atomic mass is 10.2. The van der Waals surface area contributed by atoms with E-state index >= 15 is 0 Å². The first-order valence-corrected chi connectivity index (χ1v) is 7.85. The van der Waals surface area contributed by atoms with Gasteiger partial charge in [-0.2, -0.15) is 0 Å². The monoisotopic (exact) mass is 253 g/mol. The average Bonchev–Trinajstić information content (AvgIpc) is 2.79. The van der Waals surface area contributed by atoms with Crippen LogP contribution in [0.15, 0.2) is 30.3 Å². The summed E-state index contributed by atoms with van der Waals surface area (Å²) >= 11 is 0. The Morgan fingerprint density at radius 2 is 1.76 bits per heavy atom. The van der Waals surface area contributed by atoms with E-state index in [1.165, 1.54) is 12.8 Å². The van der Waals surface area contributed by atoms with Crippen molar-refractivity contribution < 1.29 is 4.57 Å².